The first-order valence-corrected chi connectivity index (χ1v) is 9.82. The Bertz CT molecular complexity index is 955. The van der Waals surface area contributed by atoms with Crippen LogP contribution in [0.4, 0.5) is 5.95 Å². The molecule has 11 nitrogen and oxygen atoms in total. The molecule has 1 saturated heterocycles. The number of carbonyl (C=O) groups is 1. The molecule has 1 fully saturated rings. The average molecular weight is 421 g/mol. The Morgan fingerprint density at radius 2 is 2.30 bits per heavy atom. The molecule has 30 heavy (non-hydrogen) atoms. The molecule has 3 heterocycles. The molecule has 2 aromatic rings. The number of aromatic amines is 1. The number of carbonyl (C=O) groups excluding carboxylic acids is 1. The maximum atomic E-state index is 12.4. The highest BCUT2D eigenvalue weighted by Gasteiger charge is 2.45. The summed E-state index contributed by atoms with van der Waals surface area (Å²) in [5, 5.41) is 22.6. The van der Waals surface area contributed by atoms with E-state index in [9.17, 15) is 19.8 Å². The van der Waals surface area contributed by atoms with E-state index in [1.54, 1.807) is 19.9 Å². The molecule has 0 saturated carbocycles. The highest BCUT2D eigenvalue weighted by molar-refractivity contribution is 5.91. The third-order valence-corrected chi connectivity index (χ3v) is 4.83. The number of imidazole rings is 1. The predicted octanol–water partition coefficient (Wildman–Crippen LogP) is 0.316. The molecule has 1 aliphatic rings. The number of unbranched alkanes of at least 4 members (excludes halogenated alkanes) is 1. The predicted molar refractivity (Wildman–Crippen MR) is 108 cm³/mol. The third-order valence-electron chi connectivity index (χ3n) is 4.83. The first-order valence-electron chi connectivity index (χ1n) is 9.82. The number of aliphatic hydroxyl groups is 2. The van der Waals surface area contributed by atoms with E-state index >= 15 is 0 Å². The number of nitrogens with one attached hydrogen (secondary N) is 2. The lowest BCUT2D eigenvalue weighted by Crippen LogP contribution is -2.35. The summed E-state index contributed by atoms with van der Waals surface area (Å²) in [5.41, 5.74) is -0.319. The van der Waals surface area contributed by atoms with Gasteiger partial charge in [0, 0.05) is 12.5 Å². The molecule has 164 valence electrons. The summed E-state index contributed by atoms with van der Waals surface area (Å²) in [6, 6.07) is 0. The molecule has 11 heteroatoms. The third kappa shape index (κ3) is 4.43. The van der Waals surface area contributed by atoms with Gasteiger partial charge in [-0.25, -0.2) is 4.98 Å². The van der Waals surface area contributed by atoms with E-state index < -0.39 is 36.7 Å². The highest BCUT2D eigenvalue weighted by atomic mass is 16.6. The van der Waals surface area contributed by atoms with Crippen molar-refractivity contribution in [1.29, 1.82) is 0 Å². The van der Waals surface area contributed by atoms with Gasteiger partial charge in [0.1, 0.15) is 18.3 Å². The number of aromatic nitrogens is 4. The van der Waals surface area contributed by atoms with Gasteiger partial charge < -0.3 is 19.7 Å². The van der Waals surface area contributed by atoms with Crippen LogP contribution in [0.1, 0.15) is 32.9 Å². The number of amides is 1. The van der Waals surface area contributed by atoms with Crippen LogP contribution in [-0.4, -0.2) is 67.2 Å². The van der Waals surface area contributed by atoms with Crippen LogP contribution in [0, 0.1) is 5.92 Å². The highest BCUT2D eigenvalue weighted by Crippen LogP contribution is 2.33. The van der Waals surface area contributed by atoms with Gasteiger partial charge in [0.25, 0.3) is 5.56 Å². The van der Waals surface area contributed by atoms with E-state index in [2.05, 4.69) is 26.8 Å². The molecule has 1 unspecified atom stereocenters. The molecule has 4 atom stereocenters. The minimum absolute atomic E-state index is 0.0198. The zero-order valence-corrected chi connectivity index (χ0v) is 16.9. The van der Waals surface area contributed by atoms with Gasteiger partial charge in [0.15, 0.2) is 17.4 Å². The largest absolute Gasteiger partial charge is 0.394 e. The number of nitrogens with zero attached hydrogens (tertiary/aromatic N) is 3. The van der Waals surface area contributed by atoms with E-state index in [4.69, 9.17) is 9.47 Å². The van der Waals surface area contributed by atoms with Crippen LogP contribution < -0.4 is 10.9 Å². The van der Waals surface area contributed by atoms with Gasteiger partial charge in [-0.1, -0.05) is 19.9 Å². The second-order valence-electron chi connectivity index (χ2n) is 7.39. The van der Waals surface area contributed by atoms with Crippen molar-refractivity contribution < 1.29 is 24.5 Å². The van der Waals surface area contributed by atoms with E-state index in [0.717, 1.165) is 6.42 Å². The summed E-state index contributed by atoms with van der Waals surface area (Å²) in [7, 11) is 0. The van der Waals surface area contributed by atoms with Crippen LogP contribution in [0.5, 0.6) is 0 Å². The standard InChI is InChI=1S/C19H27N5O6/c1-4-5-6-7-29-14-13(26)11(8-25)30-18(14)24-9-20-12-15(24)21-19(23-17(12)28)22-16(27)10(2)3/h4,9-11,13-14,18,25-26H,1,5-8H2,2-3H3,(H2,21,22,23,27,28)/t11-,13?,14+,18-/m1/s1. The number of hydrogen-bond donors (Lipinski definition) is 4. The van der Waals surface area contributed by atoms with Crippen LogP contribution in [0.25, 0.3) is 11.2 Å². The molecule has 1 amide bonds. The van der Waals surface area contributed by atoms with Crippen molar-refractivity contribution in [2.24, 2.45) is 5.92 Å². The summed E-state index contributed by atoms with van der Waals surface area (Å²) in [5.74, 6) is -0.628. The van der Waals surface area contributed by atoms with Crippen molar-refractivity contribution in [3.63, 3.8) is 0 Å². The van der Waals surface area contributed by atoms with Crippen LogP contribution in [0.2, 0.25) is 0 Å². The number of anilines is 1. The fourth-order valence-electron chi connectivity index (χ4n) is 3.15. The molecule has 0 aromatic carbocycles. The molecular formula is C19H27N5O6. The van der Waals surface area contributed by atoms with Gasteiger partial charge >= 0.3 is 0 Å². The Balaban J connectivity index is 1.94. The van der Waals surface area contributed by atoms with Gasteiger partial charge in [-0.2, -0.15) is 4.98 Å². The summed E-state index contributed by atoms with van der Waals surface area (Å²) >= 11 is 0. The van der Waals surface area contributed by atoms with Crippen LogP contribution in [-0.2, 0) is 14.3 Å². The zero-order chi connectivity index (χ0) is 21.8. The van der Waals surface area contributed by atoms with Crippen molar-refractivity contribution in [3.05, 3.63) is 29.3 Å². The lowest BCUT2D eigenvalue weighted by atomic mass is 10.1. The summed E-state index contributed by atoms with van der Waals surface area (Å²) < 4.78 is 13.1. The maximum Gasteiger partial charge on any atom is 0.280 e. The minimum Gasteiger partial charge on any atom is -0.394 e. The zero-order valence-electron chi connectivity index (χ0n) is 16.9. The monoisotopic (exact) mass is 421 g/mol. The molecule has 2 aromatic heterocycles. The Hall–Kier alpha value is -2.60. The van der Waals surface area contributed by atoms with Crippen LogP contribution >= 0.6 is 0 Å². The van der Waals surface area contributed by atoms with Gasteiger partial charge in [0.2, 0.25) is 11.9 Å². The lowest BCUT2D eigenvalue weighted by Gasteiger charge is -2.22. The topological polar surface area (TPSA) is 152 Å². The number of allylic oxidation sites excluding steroid dienone is 1. The Morgan fingerprint density at radius 3 is 2.97 bits per heavy atom. The minimum atomic E-state index is -1.08. The Kier molecular flexibility index (Phi) is 6.98. The van der Waals surface area contributed by atoms with Gasteiger partial charge in [-0.15, -0.1) is 6.58 Å². The van der Waals surface area contributed by atoms with Crippen molar-refractivity contribution in [1.82, 2.24) is 19.5 Å². The van der Waals surface area contributed by atoms with E-state index in [-0.39, 0.29) is 28.9 Å². The second kappa shape index (κ2) is 9.47. The van der Waals surface area contributed by atoms with Gasteiger partial charge in [-0.3, -0.25) is 24.5 Å². The summed E-state index contributed by atoms with van der Waals surface area (Å²) in [4.78, 5) is 35.3. The number of H-pyrrole nitrogens is 1. The molecule has 0 radical (unpaired) electrons. The molecule has 1 aliphatic heterocycles. The second-order valence-corrected chi connectivity index (χ2v) is 7.39. The van der Waals surface area contributed by atoms with E-state index in [1.165, 1.54) is 10.9 Å². The number of fused-ring (bicyclic) bond motifs is 1. The molecule has 4 N–H and O–H groups in total. The van der Waals surface area contributed by atoms with Gasteiger partial charge in [0.05, 0.1) is 12.9 Å². The maximum absolute atomic E-state index is 12.4. The van der Waals surface area contributed by atoms with Crippen molar-refractivity contribution in [3.8, 4) is 0 Å². The summed E-state index contributed by atoms with van der Waals surface area (Å²) in [6.45, 7) is 7.04. The first-order chi connectivity index (χ1) is 14.4. The smallest absolute Gasteiger partial charge is 0.280 e. The number of aliphatic hydroxyl groups excluding tert-OH is 2. The molecule has 0 aliphatic carbocycles. The quantitative estimate of drug-likeness (QED) is 0.334. The Morgan fingerprint density at radius 1 is 1.53 bits per heavy atom. The van der Waals surface area contributed by atoms with Crippen molar-refractivity contribution in [2.75, 3.05) is 18.5 Å². The number of rotatable bonds is 9. The van der Waals surface area contributed by atoms with Crippen molar-refractivity contribution in [2.45, 2.75) is 51.2 Å². The van der Waals surface area contributed by atoms with Gasteiger partial charge in [-0.05, 0) is 12.8 Å². The van der Waals surface area contributed by atoms with Crippen molar-refractivity contribution >= 4 is 23.0 Å². The van der Waals surface area contributed by atoms with Crippen LogP contribution in [0.3, 0.4) is 0 Å². The fourth-order valence-corrected chi connectivity index (χ4v) is 3.15. The lowest BCUT2D eigenvalue weighted by molar-refractivity contribution is -0.118. The average Bonchev–Trinajstić information content (AvgIpc) is 3.26. The summed E-state index contributed by atoms with van der Waals surface area (Å²) in [6.07, 6.45) is 0.970. The van der Waals surface area contributed by atoms with E-state index in [0.29, 0.717) is 13.0 Å². The van der Waals surface area contributed by atoms with E-state index in [1.807, 2.05) is 0 Å². The molecule has 3 rings (SSSR count). The van der Waals surface area contributed by atoms with Crippen LogP contribution in [0.15, 0.2) is 23.8 Å². The first kappa shape index (κ1) is 22.1. The molecular weight excluding hydrogens is 394 g/mol. The Labute approximate surface area is 172 Å². The number of hydrogen-bond acceptors (Lipinski definition) is 8. The normalized spacial score (nSPS) is 23.9. The molecule has 0 spiro atoms. The number of ether oxygens (including phenoxy) is 2. The fraction of sp³-hybridized carbons (Fsp3) is 0.579. The SMILES string of the molecule is C=CCCCO[C@H]1C(O)[C@@H](CO)O[C@H]1n1cnc2c(=O)[nH]c(NC(=O)C(C)C)nc21. The molecule has 0 bridgehead atoms.